The molecule has 1 N–H and O–H groups in total. The molecule has 1 aliphatic rings. The van der Waals surface area contributed by atoms with Crippen LogP contribution in [0.15, 0.2) is 0 Å². The van der Waals surface area contributed by atoms with E-state index in [1.807, 2.05) is 0 Å². The Labute approximate surface area is 49.3 Å². The van der Waals surface area contributed by atoms with Gasteiger partial charge in [0.25, 0.3) is 0 Å². The van der Waals surface area contributed by atoms with Crippen LogP contribution < -0.4 is 5.32 Å². The zero-order valence-corrected chi connectivity index (χ0v) is 5.05. The van der Waals surface area contributed by atoms with Crippen LogP contribution in [-0.4, -0.2) is 18.9 Å². The molecule has 2 atom stereocenters. The van der Waals surface area contributed by atoms with Crippen molar-refractivity contribution >= 4 is 6.29 Å². The molecular weight excluding hydrogens is 102 g/mol. The van der Waals surface area contributed by atoms with Crippen molar-refractivity contribution < 1.29 is 4.79 Å². The maximum atomic E-state index is 10.1. The molecule has 46 valence electrons. The van der Waals surface area contributed by atoms with Crippen LogP contribution in [0.3, 0.4) is 0 Å². The predicted octanol–water partition coefficient (Wildman–Crippen LogP) is 0.183. The fourth-order valence-electron chi connectivity index (χ4n) is 1.06. The molecule has 0 aliphatic carbocycles. The summed E-state index contributed by atoms with van der Waals surface area (Å²) in [7, 11) is 0. The first-order valence-corrected chi connectivity index (χ1v) is 3.01. The SMILES string of the molecule is CC1CN[C@H](C=O)C1. The molecule has 0 amide bonds. The highest BCUT2D eigenvalue weighted by molar-refractivity contribution is 5.58. The Hall–Kier alpha value is -0.370. The second-order valence-electron chi connectivity index (χ2n) is 2.49. The van der Waals surface area contributed by atoms with Crippen LogP contribution in [0.5, 0.6) is 0 Å². The first-order valence-electron chi connectivity index (χ1n) is 3.01. The van der Waals surface area contributed by atoms with Crippen LogP contribution in [0.1, 0.15) is 13.3 Å². The second-order valence-corrected chi connectivity index (χ2v) is 2.49. The fourth-order valence-corrected chi connectivity index (χ4v) is 1.06. The largest absolute Gasteiger partial charge is 0.307 e. The van der Waals surface area contributed by atoms with Crippen molar-refractivity contribution in [2.45, 2.75) is 19.4 Å². The van der Waals surface area contributed by atoms with Gasteiger partial charge in [0.15, 0.2) is 0 Å². The standard InChI is InChI=1S/C6H11NO/c1-5-2-6(4-8)7-3-5/h4-7H,2-3H2,1H3/t5?,6-/m0/s1. The molecule has 1 heterocycles. The molecule has 2 nitrogen and oxygen atoms in total. The van der Waals surface area contributed by atoms with Gasteiger partial charge in [0.05, 0.1) is 6.04 Å². The minimum Gasteiger partial charge on any atom is -0.307 e. The molecule has 0 aromatic carbocycles. The van der Waals surface area contributed by atoms with E-state index in [1.54, 1.807) is 0 Å². The summed E-state index contributed by atoms with van der Waals surface area (Å²) in [5.74, 6) is 0.685. The summed E-state index contributed by atoms with van der Waals surface area (Å²) >= 11 is 0. The van der Waals surface area contributed by atoms with E-state index in [9.17, 15) is 4.79 Å². The molecule has 0 radical (unpaired) electrons. The second kappa shape index (κ2) is 2.27. The number of carbonyl (C=O) groups excluding carboxylic acids is 1. The van der Waals surface area contributed by atoms with Crippen LogP contribution in [0.4, 0.5) is 0 Å². The van der Waals surface area contributed by atoms with Crippen molar-refractivity contribution in [3.05, 3.63) is 0 Å². The van der Waals surface area contributed by atoms with Crippen molar-refractivity contribution in [2.24, 2.45) is 5.92 Å². The van der Waals surface area contributed by atoms with E-state index in [-0.39, 0.29) is 6.04 Å². The molecule has 8 heavy (non-hydrogen) atoms. The molecule has 1 unspecified atom stereocenters. The van der Waals surface area contributed by atoms with Crippen LogP contribution in [0, 0.1) is 5.92 Å². The third kappa shape index (κ3) is 1.07. The summed E-state index contributed by atoms with van der Waals surface area (Å²) in [4.78, 5) is 10.1. The summed E-state index contributed by atoms with van der Waals surface area (Å²) in [5, 5.41) is 3.09. The molecule has 0 spiro atoms. The zero-order valence-electron chi connectivity index (χ0n) is 5.05. The Morgan fingerprint density at radius 3 is 2.75 bits per heavy atom. The summed E-state index contributed by atoms with van der Waals surface area (Å²) in [5.41, 5.74) is 0. The Balaban J connectivity index is 2.32. The van der Waals surface area contributed by atoms with E-state index in [0.29, 0.717) is 5.92 Å². The molecule has 1 fully saturated rings. The monoisotopic (exact) mass is 113 g/mol. The van der Waals surface area contributed by atoms with E-state index in [4.69, 9.17) is 0 Å². The van der Waals surface area contributed by atoms with Crippen LogP contribution in [-0.2, 0) is 4.79 Å². The minimum atomic E-state index is 0.144. The van der Waals surface area contributed by atoms with E-state index in [0.717, 1.165) is 19.3 Å². The van der Waals surface area contributed by atoms with Gasteiger partial charge < -0.3 is 10.1 Å². The zero-order chi connectivity index (χ0) is 5.98. The fraction of sp³-hybridized carbons (Fsp3) is 0.833. The minimum absolute atomic E-state index is 0.144. The van der Waals surface area contributed by atoms with Gasteiger partial charge in [-0.25, -0.2) is 0 Å². The van der Waals surface area contributed by atoms with Gasteiger partial charge in [-0.2, -0.15) is 0 Å². The predicted molar refractivity (Wildman–Crippen MR) is 31.6 cm³/mol. The highest BCUT2D eigenvalue weighted by Crippen LogP contribution is 2.09. The molecular formula is C6H11NO. The quantitative estimate of drug-likeness (QED) is 0.491. The summed E-state index contributed by atoms with van der Waals surface area (Å²) < 4.78 is 0. The van der Waals surface area contributed by atoms with Gasteiger partial charge in [0.2, 0.25) is 0 Å². The summed E-state index contributed by atoms with van der Waals surface area (Å²) in [6, 6.07) is 0.144. The van der Waals surface area contributed by atoms with Gasteiger partial charge in [-0.1, -0.05) is 6.92 Å². The molecule has 1 aliphatic heterocycles. The molecule has 0 bridgehead atoms. The highest BCUT2D eigenvalue weighted by atomic mass is 16.1. The van der Waals surface area contributed by atoms with Crippen LogP contribution in [0.2, 0.25) is 0 Å². The smallest absolute Gasteiger partial charge is 0.136 e. The van der Waals surface area contributed by atoms with Crippen LogP contribution >= 0.6 is 0 Å². The van der Waals surface area contributed by atoms with Gasteiger partial charge >= 0.3 is 0 Å². The van der Waals surface area contributed by atoms with E-state index in [1.165, 1.54) is 0 Å². The van der Waals surface area contributed by atoms with Crippen LogP contribution in [0.25, 0.3) is 0 Å². The normalized spacial score (nSPS) is 37.6. The van der Waals surface area contributed by atoms with E-state index in [2.05, 4.69) is 12.2 Å². The lowest BCUT2D eigenvalue weighted by Gasteiger charge is -1.94. The number of hydrogen-bond donors (Lipinski definition) is 1. The maximum absolute atomic E-state index is 10.1. The maximum Gasteiger partial charge on any atom is 0.136 e. The average Bonchev–Trinajstić information content (AvgIpc) is 2.14. The van der Waals surface area contributed by atoms with E-state index < -0.39 is 0 Å². The lowest BCUT2D eigenvalue weighted by atomic mass is 10.1. The van der Waals surface area contributed by atoms with Gasteiger partial charge in [-0.15, -0.1) is 0 Å². The van der Waals surface area contributed by atoms with Crippen molar-refractivity contribution in [1.82, 2.24) is 5.32 Å². The molecule has 1 saturated heterocycles. The topological polar surface area (TPSA) is 29.1 Å². The summed E-state index contributed by atoms with van der Waals surface area (Å²) in [6.07, 6.45) is 2.01. The van der Waals surface area contributed by atoms with Crippen molar-refractivity contribution in [3.63, 3.8) is 0 Å². The number of aldehydes is 1. The van der Waals surface area contributed by atoms with E-state index >= 15 is 0 Å². The molecule has 2 heteroatoms. The molecule has 1 rings (SSSR count). The van der Waals surface area contributed by atoms with Crippen molar-refractivity contribution in [3.8, 4) is 0 Å². The van der Waals surface area contributed by atoms with Gasteiger partial charge in [-0.3, -0.25) is 0 Å². The molecule has 0 aromatic heterocycles. The lowest BCUT2D eigenvalue weighted by molar-refractivity contribution is -0.109. The Bertz CT molecular complexity index is 92.5. The first kappa shape index (κ1) is 5.76. The summed E-state index contributed by atoms with van der Waals surface area (Å²) in [6.45, 7) is 3.15. The number of carbonyl (C=O) groups is 1. The van der Waals surface area contributed by atoms with Crippen molar-refractivity contribution in [2.75, 3.05) is 6.54 Å². The Morgan fingerprint density at radius 2 is 2.50 bits per heavy atom. The first-order chi connectivity index (χ1) is 3.83. The van der Waals surface area contributed by atoms with Gasteiger partial charge in [-0.05, 0) is 18.9 Å². The van der Waals surface area contributed by atoms with Gasteiger partial charge in [0, 0.05) is 0 Å². The lowest BCUT2D eigenvalue weighted by Crippen LogP contribution is -2.22. The Kier molecular flexibility index (Phi) is 1.63. The Morgan fingerprint density at radius 1 is 1.75 bits per heavy atom. The number of hydrogen-bond acceptors (Lipinski definition) is 2. The van der Waals surface area contributed by atoms with Gasteiger partial charge in [0.1, 0.15) is 6.29 Å². The average molecular weight is 113 g/mol. The molecule has 0 saturated carbocycles. The third-order valence-electron chi connectivity index (χ3n) is 1.55. The highest BCUT2D eigenvalue weighted by Gasteiger charge is 2.18. The molecule has 0 aromatic rings. The third-order valence-corrected chi connectivity index (χ3v) is 1.55. The number of nitrogens with one attached hydrogen (secondary N) is 1. The number of rotatable bonds is 1. The van der Waals surface area contributed by atoms with Crippen molar-refractivity contribution in [1.29, 1.82) is 0 Å².